The summed E-state index contributed by atoms with van der Waals surface area (Å²) in [7, 11) is 0. The van der Waals surface area contributed by atoms with Gasteiger partial charge in [-0.2, -0.15) is 0 Å². The first-order valence-corrected chi connectivity index (χ1v) is 15.9. The predicted molar refractivity (Wildman–Crippen MR) is 150 cm³/mol. The molecule has 5 nitrogen and oxygen atoms in total. The SMILES string of the molecule is CCCCCCCCCCCCOC(=O)C1C2C=CC(O2)C1C(=O)OCCCCCCCCCCCC. The second-order valence-corrected chi connectivity index (χ2v) is 11.2. The van der Waals surface area contributed by atoms with Crippen LogP contribution < -0.4 is 0 Å². The van der Waals surface area contributed by atoms with Gasteiger partial charge in [0.1, 0.15) is 11.8 Å². The third-order valence-corrected chi connectivity index (χ3v) is 7.93. The summed E-state index contributed by atoms with van der Waals surface area (Å²) >= 11 is 0. The fourth-order valence-corrected chi connectivity index (χ4v) is 5.59. The summed E-state index contributed by atoms with van der Waals surface area (Å²) in [5.41, 5.74) is 0. The number of carbonyl (C=O) groups is 2. The number of unbranched alkanes of at least 4 members (excludes halogenated alkanes) is 18. The van der Waals surface area contributed by atoms with E-state index in [0.29, 0.717) is 13.2 Å². The van der Waals surface area contributed by atoms with E-state index in [1.807, 2.05) is 12.2 Å². The van der Waals surface area contributed by atoms with Gasteiger partial charge in [0.05, 0.1) is 25.4 Å². The molecule has 2 aliphatic heterocycles. The van der Waals surface area contributed by atoms with Crippen molar-refractivity contribution in [3.63, 3.8) is 0 Å². The van der Waals surface area contributed by atoms with Gasteiger partial charge in [-0.25, -0.2) is 0 Å². The van der Waals surface area contributed by atoms with Crippen molar-refractivity contribution in [2.75, 3.05) is 13.2 Å². The highest BCUT2D eigenvalue weighted by Gasteiger charge is 2.54. The molecule has 2 heterocycles. The highest BCUT2D eigenvalue weighted by atomic mass is 16.6. The standard InChI is InChI=1S/C32H56O5/c1-3-5-7-9-11-13-15-17-19-21-25-35-31(33)29-27-23-24-28(37-27)30(29)32(34)36-26-22-20-18-16-14-12-10-8-6-4-2/h23-24,27-30H,3-22,25-26H2,1-2H3. The molecule has 5 heteroatoms. The lowest BCUT2D eigenvalue weighted by Crippen LogP contribution is -2.38. The molecular weight excluding hydrogens is 464 g/mol. The van der Waals surface area contributed by atoms with Gasteiger partial charge in [-0.15, -0.1) is 0 Å². The number of rotatable bonds is 24. The number of hydrogen-bond acceptors (Lipinski definition) is 5. The topological polar surface area (TPSA) is 61.8 Å². The fourth-order valence-electron chi connectivity index (χ4n) is 5.59. The summed E-state index contributed by atoms with van der Waals surface area (Å²) in [6.07, 6.45) is 27.9. The van der Waals surface area contributed by atoms with Gasteiger partial charge in [0, 0.05) is 0 Å². The van der Waals surface area contributed by atoms with E-state index < -0.39 is 11.8 Å². The second-order valence-electron chi connectivity index (χ2n) is 11.2. The molecule has 0 aliphatic carbocycles. The van der Waals surface area contributed by atoms with Crippen LogP contribution in [0.3, 0.4) is 0 Å². The third-order valence-electron chi connectivity index (χ3n) is 7.93. The monoisotopic (exact) mass is 520 g/mol. The Hall–Kier alpha value is -1.36. The highest BCUT2D eigenvalue weighted by Crippen LogP contribution is 2.40. The second kappa shape index (κ2) is 20.6. The van der Waals surface area contributed by atoms with E-state index in [9.17, 15) is 9.59 Å². The van der Waals surface area contributed by atoms with Crippen LogP contribution in [0.15, 0.2) is 12.2 Å². The van der Waals surface area contributed by atoms with E-state index in [1.54, 1.807) is 0 Å². The molecule has 2 aliphatic rings. The van der Waals surface area contributed by atoms with Crippen LogP contribution >= 0.6 is 0 Å². The van der Waals surface area contributed by atoms with Crippen LogP contribution in [-0.4, -0.2) is 37.4 Å². The summed E-state index contributed by atoms with van der Waals surface area (Å²) in [5, 5.41) is 0. The average Bonchev–Trinajstić information content (AvgIpc) is 3.52. The smallest absolute Gasteiger partial charge is 0.312 e. The molecule has 0 radical (unpaired) electrons. The lowest BCUT2D eigenvalue weighted by molar-refractivity contribution is -0.160. The van der Waals surface area contributed by atoms with Crippen LogP contribution in [-0.2, 0) is 23.8 Å². The zero-order valence-electron chi connectivity index (χ0n) is 24.1. The number of esters is 2. The molecular formula is C32H56O5. The number of fused-ring (bicyclic) bond motifs is 2. The van der Waals surface area contributed by atoms with Crippen molar-refractivity contribution in [1.82, 2.24) is 0 Å². The number of carbonyl (C=O) groups excluding carboxylic acids is 2. The van der Waals surface area contributed by atoms with E-state index in [2.05, 4.69) is 13.8 Å². The molecule has 0 aromatic carbocycles. The minimum absolute atomic E-state index is 0.311. The van der Waals surface area contributed by atoms with Crippen molar-refractivity contribution < 1.29 is 23.8 Å². The van der Waals surface area contributed by atoms with Gasteiger partial charge in [-0.1, -0.05) is 142 Å². The van der Waals surface area contributed by atoms with Crippen molar-refractivity contribution in [1.29, 1.82) is 0 Å². The molecule has 2 bridgehead atoms. The average molecular weight is 521 g/mol. The molecule has 1 fully saturated rings. The highest BCUT2D eigenvalue weighted by molar-refractivity contribution is 5.85. The number of ether oxygens (including phenoxy) is 3. The van der Waals surface area contributed by atoms with Gasteiger partial charge >= 0.3 is 11.9 Å². The van der Waals surface area contributed by atoms with Crippen molar-refractivity contribution in [2.24, 2.45) is 11.8 Å². The van der Waals surface area contributed by atoms with Gasteiger partial charge < -0.3 is 14.2 Å². The first-order valence-electron chi connectivity index (χ1n) is 15.9. The molecule has 0 aromatic rings. The Morgan fingerprint density at radius 1 is 0.514 bits per heavy atom. The van der Waals surface area contributed by atoms with Crippen LogP contribution in [0.25, 0.3) is 0 Å². The van der Waals surface area contributed by atoms with Crippen LogP contribution in [0.1, 0.15) is 142 Å². The Morgan fingerprint density at radius 3 is 1.14 bits per heavy atom. The van der Waals surface area contributed by atoms with Crippen molar-refractivity contribution >= 4 is 11.9 Å². The van der Waals surface area contributed by atoms with Crippen LogP contribution in [0, 0.1) is 11.8 Å². The van der Waals surface area contributed by atoms with Crippen molar-refractivity contribution in [3.05, 3.63) is 12.2 Å². The molecule has 214 valence electrons. The quantitative estimate of drug-likeness (QED) is 0.0725. The van der Waals surface area contributed by atoms with E-state index in [-0.39, 0.29) is 24.1 Å². The van der Waals surface area contributed by atoms with E-state index in [0.717, 1.165) is 25.7 Å². The van der Waals surface area contributed by atoms with Crippen LogP contribution in [0.5, 0.6) is 0 Å². The Kier molecular flexibility index (Phi) is 17.7. The predicted octanol–water partition coefficient (Wildman–Crippen LogP) is 8.48. The summed E-state index contributed by atoms with van der Waals surface area (Å²) in [4.78, 5) is 25.7. The molecule has 1 saturated heterocycles. The normalized spacial score (nSPS) is 22.0. The molecule has 4 atom stereocenters. The molecule has 37 heavy (non-hydrogen) atoms. The lowest BCUT2D eigenvalue weighted by atomic mass is 9.83. The van der Waals surface area contributed by atoms with Gasteiger partial charge in [-0.05, 0) is 12.8 Å². The number of hydrogen-bond donors (Lipinski definition) is 0. The van der Waals surface area contributed by atoms with Crippen molar-refractivity contribution in [2.45, 2.75) is 154 Å². The van der Waals surface area contributed by atoms with Gasteiger partial charge in [0.2, 0.25) is 0 Å². The van der Waals surface area contributed by atoms with Crippen molar-refractivity contribution in [3.8, 4) is 0 Å². The zero-order chi connectivity index (χ0) is 26.6. The van der Waals surface area contributed by atoms with E-state index in [1.165, 1.54) is 103 Å². The zero-order valence-corrected chi connectivity index (χ0v) is 24.1. The van der Waals surface area contributed by atoms with E-state index >= 15 is 0 Å². The maximum absolute atomic E-state index is 12.8. The minimum atomic E-state index is -0.571. The molecule has 0 aromatic heterocycles. The summed E-state index contributed by atoms with van der Waals surface area (Å²) < 4.78 is 17.0. The van der Waals surface area contributed by atoms with Crippen LogP contribution in [0.2, 0.25) is 0 Å². The molecule has 0 saturated carbocycles. The van der Waals surface area contributed by atoms with Gasteiger partial charge in [0.15, 0.2) is 0 Å². The fraction of sp³-hybridized carbons (Fsp3) is 0.875. The Bertz CT molecular complexity index is 579. The first kappa shape index (κ1) is 31.9. The maximum atomic E-state index is 12.8. The van der Waals surface area contributed by atoms with E-state index in [4.69, 9.17) is 14.2 Å². The van der Waals surface area contributed by atoms with Gasteiger partial charge in [-0.3, -0.25) is 9.59 Å². The molecule has 0 N–H and O–H groups in total. The lowest BCUT2D eigenvalue weighted by Gasteiger charge is -2.22. The summed E-state index contributed by atoms with van der Waals surface area (Å²) in [6.45, 7) is 5.35. The molecule has 4 unspecified atom stereocenters. The summed E-state index contributed by atoms with van der Waals surface area (Å²) in [6, 6.07) is 0. The third kappa shape index (κ3) is 12.8. The molecule has 2 rings (SSSR count). The largest absolute Gasteiger partial charge is 0.465 e. The summed E-state index contributed by atoms with van der Waals surface area (Å²) in [5.74, 6) is -1.76. The Labute approximate surface area is 227 Å². The Morgan fingerprint density at radius 2 is 0.811 bits per heavy atom. The first-order chi connectivity index (χ1) is 18.2. The molecule has 0 amide bonds. The minimum Gasteiger partial charge on any atom is -0.465 e. The maximum Gasteiger partial charge on any atom is 0.312 e. The molecule has 0 spiro atoms. The van der Waals surface area contributed by atoms with Gasteiger partial charge in [0.25, 0.3) is 0 Å². The Balaban J connectivity index is 1.53. The van der Waals surface area contributed by atoms with Crippen LogP contribution in [0.4, 0.5) is 0 Å².